The summed E-state index contributed by atoms with van der Waals surface area (Å²) in [5, 5.41) is 2.82. The molecular weight excluding hydrogens is 364 g/mol. The van der Waals surface area contributed by atoms with E-state index in [-0.39, 0.29) is 18.4 Å². The lowest BCUT2D eigenvalue weighted by molar-refractivity contribution is -0.120. The van der Waals surface area contributed by atoms with Crippen LogP contribution in [0.5, 0.6) is 0 Å². The van der Waals surface area contributed by atoms with Crippen LogP contribution in [-0.2, 0) is 9.59 Å². The molecular formula is C16H13BrN2O2S. The van der Waals surface area contributed by atoms with Crippen LogP contribution in [0.1, 0.15) is 0 Å². The molecule has 1 heterocycles. The highest BCUT2D eigenvalue weighted by Crippen LogP contribution is 2.34. The number of para-hydroxylation sites is 2. The fourth-order valence-electron chi connectivity index (χ4n) is 2.22. The third kappa shape index (κ3) is 3.18. The van der Waals surface area contributed by atoms with Gasteiger partial charge in [-0.3, -0.25) is 9.59 Å². The fraction of sp³-hybridized carbons (Fsp3) is 0.125. The van der Waals surface area contributed by atoms with Crippen LogP contribution in [0.2, 0.25) is 0 Å². The molecule has 4 nitrogen and oxygen atoms in total. The largest absolute Gasteiger partial charge is 0.324 e. The highest BCUT2D eigenvalue weighted by molar-refractivity contribution is 9.10. The molecule has 1 aliphatic heterocycles. The Bertz CT molecular complexity index is 736. The first-order chi connectivity index (χ1) is 10.6. The molecule has 2 amide bonds. The summed E-state index contributed by atoms with van der Waals surface area (Å²) in [5.41, 5.74) is 1.49. The van der Waals surface area contributed by atoms with Crippen LogP contribution in [0.15, 0.2) is 57.9 Å². The molecule has 0 aliphatic carbocycles. The first-order valence-corrected chi connectivity index (χ1v) is 8.49. The van der Waals surface area contributed by atoms with E-state index in [1.165, 1.54) is 16.7 Å². The van der Waals surface area contributed by atoms with Crippen molar-refractivity contribution in [3.8, 4) is 0 Å². The van der Waals surface area contributed by atoms with Crippen LogP contribution in [0.3, 0.4) is 0 Å². The SMILES string of the molecule is O=C(CN1C(=O)CSc2ccccc21)Nc1ccccc1Br. The van der Waals surface area contributed by atoms with Gasteiger partial charge >= 0.3 is 0 Å². The van der Waals surface area contributed by atoms with E-state index in [1.807, 2.05) is 48.5 Å². The predicted octanol–water partition coefficient (Wildman–Crippen LogP) is 3.53. The molecule has 22 heavy (non-hydrogen) atoms. The van der Waals surface area contributed by atoms with Gasteiger partial charge in [-0.1, -0.05) is 24.3 Å². The van der Waals surface area contributed by atoms with Gasteiger partial charge in [0.25, 0.3) is 0 Å². The second kappa shape index (κ2) is 6.54. The number of amides is 2. The fourth-order valence-corrected chi connectivity index (χ4v) is 3.54. The summed E-state index contributed by atoms with van der Waals surface area (Å²) in [7, 11) is 0. The number of benzene rings is 2. The first-order valence-electron chi connectivity index (χ1n) is 6.72. The number of hydrogen-bond donors (Lipinski definition) is 1. The zero-order chi connectivity index (χ0) is 15.5. The third-order valence-electron chi connectivity index (χ3n) is 3.26. The molecule has 0 aromatic heterocycles. The van der Waals surface area contributed by atoms with E-state index in [1.54, 1.807) is 0 Å². The number of halogens is 1. The maximum atomic E-state index is 12.3. The smallest absolute Gasteiger partial charge is 0.244 e. The summed E-state index contributed by atoms with van der Waals surface area (Å²) in [6.07, 6.45) is 0. The number of nitrogens with zero attached hydrogens (tertiary/aromatic N) is 1. The molecule has 2 aromatic rings. The van der Waals surface area contributed by atoms with E-state index in [0.29, 0.717) is 11.4 Å². The van der Waals surface area contributed by atoms with E-state index >= 15 is 0 Å². The van der Waals surface area contributed by atoms with Crippen molar-refractivity contribution >= 4 is 50.9 Å². The Morgan fingerprint density at radius 3 is 2.73 bits per heavy atom. The minimum Gasteiger partial charge on any atom is -0.324 e. The number of carbonyl (C=O) groups is 2. The summed E-state index contributed by atoms with van der Waals surface area (Å²) in [4.78, 5) is 26.9. The maximum Gasteiger partial charge on any atom is 0.244 e. The molecule has 3 rings (SSSR count). The van der Waals surface area contributed by atoms with Gasteiger partial charge in [0.2, 0.25) is 11.8 Å². The number of nitrogens with one attached hydrogen (secondary N) is 1. The topological polar surface area (TPSA) is 49.4 Å². The van der Waals surface area contributed by atoms with Crippen molar-refractivity contribution in [1.29, 1.82) is 0 Å². The molecule has 1 aliphatic rings. The molecule has 6 heteroatoms. The first kappa shape index (κ1) is 15.1. The van der Waals surface area contributed by atoms with E-state index in [9.17, 15) is 9.59 Å². The maximum absolute atomic E-state index is 12.3. The minimum atomic E-state index is -0.220. The van der Waals surface area contributed by atoms with Gasteiger partial charge in [0.1, 0.15) is 6.54 Å². The van der Waals surface area contributed by atoms with Gasteiger partial charge in [-0.25, -0.2) is 0 Å². The van der Waals surface area contributed by atoms with Gasteiger partial charge in [-0.2, -0.15) is 0 Å². The lowest BCUT2D eigenvalue weighted by atomic mass is 10.2. The quantitative estimate of drug-likeness (QED) is 0.891. The standard InChI is InChI=1S/C16H13BrN2O2S/c17-11-5-1-2-6-12(11)18-15(20)9-19-13-7-3-4-8-14(13)22-10-16(19)21/h1-8H,9-10H2,(H,18,20). The summed E-state index contributed by atoms with van der Waals surface area (Å²) in [5.74, 6) is 0.0900. The van der Waals surface area contributed by atoms with Crippen molar-refractivity contribution in [2.24, 2.45) is 0 Å². The van der Waals surface area contributed by atoms with Gasteiger partial charge in [0.15, 0.2) is 0 Å². The highest BCUT2D eigenvalue weighted by atomic mass is 79.9. The van der Waals surface area contributed by atoms with Crippen molar-refractivity contribution in [2.45, 2.75) is 4.90 Å². The molecule has 0 bridgehead atoms. The molecule has 0 unspecified atom stereocenters. The molecule has 0 spiro atoms. The zero-order valence-corrected chi connectivity index (χ0v) is 14.0. The van der Waals surface area contributed by atoms with Crippen LogP contribution in [-0.4, -0.2) is 24.1 Å². The molecule has 0 radical (unpaired) electrons. The number of hydrogen-bond acceptors (Lipinski definition) is 3. The summed E-state index contributed by atoms with van der Waals surface area (Å²) < 4.78 is 0.810. The predicted molar refractivity (Wildman–Crippen MR) is 92.3 cm³/mol. The van der Waals surface area contributed by atoms with Crippen molar-refractivity contribution in [2.75, 3.05) is 22.5 Å². The van der Waals surface area contributed by atoms with E-state index < -0.39 is 0 Å². The number of carbonyl (C=O) groups excluding carboxylic acids is 2. The summed E-state index contributed by atoms with van der Waals surface area (Å²) in [6, 6.07) is 15.0. The number of rotatable bonds is 3. The van der Waals surface area contributed by atoms with E-state index in [4.69, 9.17) is 0 Å². The van der Waals surface area contributed by atoms with E-state index in [2.05, 4.69) is 21.2 Å². The molecule has 0 atom stereocenters. The highest BCUT2D eigenvalue weighted by Gasteiger charge is 2.26. The van der Waals surface area contributed by atoms with Crippen molar-refractivity contribution in [3.05, 3.63) is 53.0 Å². The molecule has 1 N–H and O–H groups in total. The van der Waals surface area contributed by atoms with Crippen molar-refractivity contribution in [1.82, 2.24) is 0 Å². The lowest BCUT2D eigenvalue weighted by Gasteiger charge is -2.28. The summed E-state index contributed by atoms with van der Waals surface area (Å²) in [6.45, 7) is 0.0116. The van der Waals surface area contributed by atoms with Gasteiger partial charge in [-0.15, -0.1) is 11.8 Å². The Hall–Kier alpha value is -1.79. The Balaban J connectivity index is 1.77. The number of thioether (sulfide) groups is 1. The average molecular weight is 377 g/mol. The van der Waals surface area contributed by atoms with Crippen LogP contribution < -0.4 is 10.2 Å². The zero-order valence-electron chi connectivity index (χ0n) is 11.6. The molecule has 0 saturated carbocycles. The van der Waals surface area contributed by atoms with Crippen molar-refractivity contribution in [3.63, 3.8) is 0 Å². The average Bonchev–Trinajstić information content (AvgIpc) is 2.52. The molecule has 2 aromatic carbocycles. The second-order valence-corrected chi connectivity index (χ2v) is 6.64. The van der Waals surface area contributed by atoms with Gasteiger partial charge in [0, 0.05) is 9.37 Å². The summed E-state index contributed by atoms with van der Waals surface area (Å²) >= 11 is 4.89. The monoisotopic (exact) mass is 376 g/mol. The van der Waals surface area contributed by atoms with Crippen LogP contribution in [0, 0.1) is 0 Å². The molecule has 0 saturated heterocycles. The van der Waals surface area contributed by atoms with Crippen LogP contribution in [0.25, 0.3) is 0 Å². The van der Waals surface area contributed by atoms with Gasteiger partial charge < -0.3 is 10.2 Å². The molecule has 0 fully saturated rings. The number of fused-ring (bicyclic) bond motifs is 1. The Morgan fingerprint density at radius 2 is 1.91 bits per heavy atom. The van der Waals surface area contributed by atoms with Crippen LogP contribution in [0.4, 0.5) is 11.4 Å². The van der Waals surface area contributed by atoms with Gasteiger partial charge in [-0.05, 0) is 40.2 Å². The Kier molecular flexibility index (Phi) is 4.49. The Labute approximate surface area is 141 Å². The van der Waals surface area contributed by atoms with Crippen LogP contribution >= 0.6 is 27.7 Å². The van der Waals surface area contributed by atoms with Crippen molar-refractivity contribution < 1.29 is 9.59 Å². The third-order valence-corrected chi connectivity index (χ3v) is 5.00. The van der Waals surface area contributed by atoms with Gasteiger partial charge in [0.05, 0.1) is 17.1 Å². The second-order valence-electron chi connectivity index (χ2n) is 4.76. The lowest BCUT2D eigenvalue weighted by Crippen LogP contribution is -2.41. The number of anilines is 2. The van der Waals surface area contributed by atoms with E-state index in [0.717, 1.165) is 15.1 Å². The Morgan fingerprint density at radius 1 is 1.18 bits per heavy atom. The normalized spacial score (nSPS) is 13.7. The molecule has 112 valence electrons. The minimum absolute atomic E-state index is 0.0116.